The highest BCUT2D eigenvalue weighted by Crippen LogP contribution is 2.40. The van der Waals surface area contributed by atoms with Gasteiger partial charge in [0.2, 0.25) is 0 Å². The Morgan fingerprint density at radius 3 is 2.65 bits per heavy atom. The normalized spacial score (nSPS) is 15.2. The molecule has 3 aromatic carbocycles. The van der Waals surface area contributed by atoms with Gasteiger partial charge in [-0.05, 0) is 47.5 Å². The van der Waals surface area contributed by atoms with Crippen LogP contribution in [0, 0.1) is 0 Å². The van der Waals surface area contributed by atoms with Crippen LogP contribution in [0.25, 0.3) is 16.8 Å². The number of thiocarbonyl (C=S) groups is 1. The number of hydrogen-bond acceptors (Lipinski definition) is 5. The van der Waals surface area contributed by atoms with Gasteiger partial charge in [-0.3, -0.25) is 9.69 Å². The summed E-state index contributed by atoms with van der Waals surface area (Å²) in [5, 5.41) is 2.52. The van der Waals surface area contributed by atoms with Crippen LogP contribution in [0.2, 0.25) is 5.02 Å². The van der Waals surface area contributed by atoms with Gasteiger partial charge in [-0.1, -0.05) is 72.8 Å². The number of hydrogen-bond donors (Lipinski definition) is 0. The lowest BCUT2D eigenvalue weighted by molar-refractivity contribution is -0.113. The summed E-state index contributed by atoms with van der Waals surface area (Å²) < 4.78 is 11.6. The molecule has 1 amide bonds. The Kier molecular flexibility index (Phi) is 6.51. The Balaban J connectivity index is 1.76. The number of carbonyl (C=O) groups excluding carboxylic acids is 1. The lowest BCUT2D eigenvalue weighted by Gasteiger charge is -2.16. The van der Waals surface area contributed by atoms with Crippen molar-refractivity contribution < 1.29 is 14.3 Å². The van der Waals surface area contributed by atoms with Gasteiger partial charge in [0.05, 0.1) is 29.3 Å². The second kappa shape index (κ2) is 9.30. The van der Waals surface area contributed by atoms with E-state index in [0.717, 1.165) is 28.5 Å². The van der Waals surface area contributed by atoms with Crippen LogP contribution in [0.5, 0.6) is 11.5 Å². The van der Waals surface area contributed by atoms with E-state index in [9.17, 15) is 4.79 Å². The molecule has 0 aliphatic carbocycles. The lowest BCUT2D eigenvalue weighted by Crippen LogP contribution is -2.27. The van der Waals surface area contributed by atoms with Gasteiger partial charge >= 0.3 is 0 Å². The van der Waals surface area contributed by atoms with Gasteiger partial charge in [-0.2, -0.15) is 0 Å². The van der Waals surface area contributed by atoms with Crippen molar-refractivity contribution in [2.24, 2.45) is 0 Å². The fourth-order valence-corrected chi connectivity index (χ4v) is 4.91. The number of anilines is 1. The number of benzene rings is 3. The molecule has 0 saturated carbocycles. The Bertz CT molecular complexity index is 1210. The largest absolute Gasteiger partial charge is 0.495 e. The summed E-state index contributed by atoms with van der Waals surface area (Å²) in [4.78, 5) is 15.3. The average Bonchev–Trinajstić information content (AvgIpc) is 3.05. The molecule has 0 aromatic heterocycles. The quantitative estimate of drug-likeness (QED) is 0.297. The molecule has 31 heavy (non-hydrogen) atoms. The van der Waals surface area contributed by atoms with E-state index in [4.69, 9.17) is 33.3 Å². The predicted molar refractivity (Wildman–Crippen MR) is 133 cm³/mol. The van der Waals surface area contributed by atoms with Crippen molar-refractivity contribution in [1.82, 2.24) is 0 Å². The summed E-state index contributed by atoms with van der Waals surface area (Å²) in [7, 11) is 1.55. The maximum atomic E-state index is 13.3. The van der Waals surface area contributed by atoms with E-state index in [1.165, 1.54) is 16.7 Å². The van der Waals surface area contributed by atoms with E-state index in [0.29, 0.717) is 32.3 Å². The van der Waals surface area contributed by atoms with E-state index in [1.807, 2.05) is 42.5 Å². The molecule has 1 aliphatic rings. The van der Waals surface area contributed by atoms with Crippen LogP contribution in [-0.2, 0) is 4.79 Å². The van der Waals surface area contributed by atoms with Crippen molar-refractivity contribution in [3.63, 3.8) is 0 Å². The predicted octanol–water partition coefficient (Wildman–Crippen LogP) is 6.70. The maximum Gasteiger partial charge on any atom is 0.270 e. The summed E-state index contributed by atoms with van der Waals surface area (Å²) in [6.45, 7) is 2.66. The average molecular weight is 470 g/mol. The van der Waals surface area contributed by atoms with Crippen LogP contribution < -0.4 is 14.4 Å². The van der Waals surface area contributed by atoms with E-state index >= 15 is 0 Å². The van der Waals surface area contributed by atoms with Crippen LogP contribution >= 0.6 is 35.6 Å². The first-order valence-electron chi connectivity index (χ1n) is 9.79. The monoisotopic (exact) mass is 469 g/mol. The van der Waals surface area contributed by atoms with E-state index in [2.05, 4.69) is 6.92 Å². The van der Waals surface area contributed by atoms with E-state index in [1.54, 1.807) is 25.3 Å². The van der Waals surface area contributed by atoms with Crippen molar-refractivity contribution in [2.45, 2.75) is 13.3 Å². The smallest absolute Gasteiger partial charge is 0.270 e. The molecule has 0 atom stereocenters. The maximum absolute atomic E-state index is 13.3. The highest BCUT2D eigenvalue weighted by molar-refractivity contribution is 8.27. The van der Waals surface area contributed by atoms with Gasteiger partial charge in [0, 0.05) is 5.56 Å². The van der Waals surface area contributed by atoms with Gasteiger partial charge in [-0.25, -0.2) is 0 Å². The summed E-state index contributed by atoms with van der Waals surface area (Å²) in [6, 6.07) is 17.2. The zero-order valence-electron chi connectivity index (χ0n) is 17.1. The number of rotatable bonds is 6. The highest BCUT2D eigenvalue weighted by atomic mass is 35.5. The van der Waals surface area contributed by atoms with Gasteiger partial charge < -0.3 is 9.47 Å². The lowest BCUT2D eigenvalue weighted by atomic mass is 10.0. The third-order valence-corrected chi connectivity index (χ3v) is 6.45. The number of ether oxygens (including phenoxy) is 2. The molecule has 7 heteroatoms. The van der Waals surface area contributed by atoms with Crippen LogP contribution in [-0.4, -0.2) is 23.9 Å². The molecule has 0 N–H and O–H groups in total. The van der Waals surface area contributed by atoms with Crippen molar-refractivity contribution in [3.05, 3.63) is 70.1 Å². The molecular weight excluding hydrogens is 450 g/mol. The van der Waals surface area contributed by atoms with Crippen LogP contribution in [0.15, 0.2) is 59.5 Å². The number of methoxy groups -OCH3 is 1. The zero-order chi connectivity index (χ0) is 22.0. The van der Waals surface area contributed by atoms with Crippen molar-refractivity contribution in [3.8, 4) is 11.5 Å². The fraction of sp³-hybridized carbons (Fsp3) is 0.167. The first-order valence-corrected chi connectivity index (χ1v) is 11.4. The number of nitrogens with zero attached hydrogens (tertiary/aromatic N) is 1. The fourth-order valence-electron chi connectivity index (χ4n) is 3.38. The Morgan fingerprint density at radius 1 is 1.13 bits per heavy atom. The number of carbonyl (C=O) groups is 1. The minimum absolute atomic E-state index is 0.189. The molecule has 158 valence electrons. The minimum atomic E-state index is -0.189. The highest BCUT2D eigenvalue weighted by Gasteiger charge is 2.34. The van der Waals surface area contributed by atoms with Crippen molar-refractivity contribution in [2.75, 3.05) is 18.6 Å². The van der Waals surface area contributed by atoms with Crippen molar-refractivity contribution in [1.29, 1.82) is 0 Å². The standard InChI is InChI=1S/C24H20ClNO3S2/c1-3-12-29-20-10-8-15-6-4-5-7-17(15)18(20)14-22-23(27)26(24(30)31-22)16-9-11-21(28-2)19(25)13-16/h4-11,13-14H,3,12H2,1-2H3/b22-14-. The third kappa shape index (κ3) is 4.28. The van der Waals surface area contributed by atoms with Crippen LogP contribution in [0.3, 0.4) is 0 Å². The first kappa shape index (κ1) is 21.7. The van der Waals surface area contributed by atoms with E-state index in [-0.39, 0.29) is 5.91 Å². The number of halogens is 1. The molecule has 3 aromatic rings. The van der Waals surface area contributed by atoms with Gasteiger partial charge in [-0.15, -0.1) is 0 Å². The minimum Gasteiger partial charge on any atom is -0.495 e. The number of fused-ring (bicyclic) bond motifs is 1. The molecule has 0 radical (unpaired) electrons. The van der Waals surface area contributed by atoms with Gasteiger partial charge in [0.25, 0.3) is 5.91 Å². The second-order valence-electron chi connectivity index (χ2n) is 6.88. The molecule has 1 aliphatic heterocycles. The first-order chi connectivity index (χ1) is 15.0. The van der Waals surface area contributed by atoms with Crippen LogP contribution in [0.4, 0.5) is 5.69 Å². The summed E-state index contributed by atoms with van der Waals surface area (Å²) in [5.41, 5.74) is 1.48. The van der Waals surface area contributed by atoms with Gasteiger partial charge in [0.1, 0.15) is 11.5 Å². The Labute approximate surface area is 195 Å². The molecular formula is C24H20ClNO3S2. The second-order valence-corrected chi connectivity index (χ2v) is 8.97. The topological polar surface area (TPSA) is 38.8 Å². The Morgan fingerprint density at radius 2 is 1.90 bits per heavy atom. The Hall–Kier alpha value is -2.54. The SMILES string of the molecule is CCCOc1ccc2ccccc2c1/C=C1\SC(=S)N(c2ccc(OC)c(Cl)c2)C1=O. The summed E-state index contributed by atoms with van der Waals surface area (Å²) in [5.74, 6) is 1.10. The summed E-state index contributed by atoms with van der Waals surface area (Å²) in [6.07, 6.45) is 2.77. The molecule has 0 bridgehead atoms. The van der Waals surface area contributed by atoms with Crippen molar-refractivity contribution >= 4 is 68.3 Å². The third-order valence-electron chi connectivity index (χ3n) is 4.86. The van der Waals surface area contributed by atoms with Gasteiger partial charge in [0.15, 0.2) is 4.32 Å². The molecule has 1 fully saturated rings. The molecule has 0 spiro atoms. The molecule has 4 rings (SSSR count). The zero-order valence-corrected chi connectivity index (χ0v) is 19.4. The van der Waals surface area contributed by atoms with E-state index < -0.39 is 0 Å². The molecule has 1 saturated heterocycles. The molecule has 4 nitrogen and oxygen atoms in total. The van der Waals surface area contributed by atoms with Crippen LogP contribution in [0.1, 0.15) is 18.9 Å². The molecule has 1 heterocycles. The number of amides is 1. The number of thioether (sulfide) groups is 1. The summed E-state index contributed by atoms with van der Waals surface area (Å²) >= 11 is 13.0. The molecule has 0 unspecified atom stereocenters.